The standard InChI is InChI=1S/C16H23N3O3S/c1-2-3-8-23-14-17-9-13(10-18-14)11-19-6-4-16(5-7-19)12-21-15(20)22-16/h9-10H,2-8,11-12H2,1H3. The molecule has 0 bridgehead atoms. The Morgan fingerprint density at radius 3 is 2.65 bits per heavy atom. The van der Waals surface area contributed by atoms with Crippen LogP contribution < -0.4 is 0 Å². The lowest BCUT2D eigenvalue weighted by atomic mass is 9.92. The van der Waals surface area contributed by atoms with Gasteiger partial charge in [-0.25, -0.2) is 14.8 Å². The zero-order chi connectivity index (χ0) is 16.1. The SMILES string of the molecule is CCCCSc1ncc(CN2CCC3(CC2)COC(=O)O3)cn1. The fourth-order valence-electron chi connectivity index (χ4n) is 2.86. The van der Waals surface area contributed by atoms with Crippen molar-refractivity contribution in [1.29, 1.82) is 0 Å². The summed E-state index contributed by atoms with van der Waals surface area (Å²) in [5, 5.41) is 0.856. The minimum atomic E-state index is -0.525. The third-order valence-corrected chi connectivity index (χ3v) is 5.30. The fourth-order valence-corrected chi connectivity index (χ4v) is 3.73. The maximum atomic E-state index is 11.1. The first kappa shape index (κ1) is 16.5. The summed E-state index contributed by atoms with van der Waals surface area (Å²) in [6.07, 6.45) is 7.36. The van der Waals surface area contributed by atoms with Gasteiger partial charge in [0.1, 0.15) is 6.61 Å². The Morgan fingerprint density at radius 1 is 1.30 bits per heavy atom. The van der Waals surface area contributed by atoms with Gasteiger partial charge >= 0.3 is 6.16 Å². The Bertz CT molecular complexity index is 530. The van der Waals surface area contributed by atoms with Crippen molar-refractivity contribution >= 4 is 17.9 Å². The number of aromatic nitrogens is 2. The number of piperidine rings is 1. The van der Waals surface area contributed by atoms with Crippen LogP contribution in [0.1, 0.15) is 38.2 Å². The van der Waals surface area contributed by atoms with Gasteiger partial charge in [0.05, 0.1) is 0 Å². The molecule has 2 saturated heterocycles. The molecule has 0 aliphatic carbocycles. The Morgan fingerprint density at radius 2 is 2.04 bits per heavy atom. The van der Waals surface area contributed by atoms with E-state index in [2.05, 4.69) is 21.8 Å². The fraction of sp³-hybridized carbons (Fsp3) is 0.688. The molecule has 126 valence electrons. The first-order valence-corrected chi connectivity index (χ1v) is 9.19. The van der Waals surface area contributed by atoms with Crippen LogP contribution in [-0.2, 0) is 16.0 Å². The Kier molecular flexibility index (Phi) is 5.38. The molecule has 1 spiro atoms. The molecule has 0 aromatic carbocycles. The van der Waals surface area contributed by atoms with Gasteiger partial charge in [-0.3, -0.25) is 4.90 Å². The number of likely N-dealkylation sites (tertiary alicyclic amines) is 1. The van der Waals surface area contributed by atoms with Gasteiger partial charge < -0.3 is 9.47 Å². The molecule has 7 heteroatoms. The molecule has 3 rings (SSSR count). The molecule has 0 atom stereocenters. The molecular weight excluding hydrogens is 314 g/mol. The second-order valence-electron chi connectivity index (χ2n) is 6.18. The summed E-state index contributed by atoms with van der Waals surface area (Å²) in [7, 11) is 0. The number of ether oxygens (including phenoxy) is 2. The normalized spacial score (nSPS) is 20.5. The molecule has 1 aromatic heterocycles. The molecule has 23 heavy (non-hydrogen) atoms. The third-order valence-electron chi connectivity index (χ3n) is 4.34. The molecule has 0 amide bonds. The minimum absolute atomic E-state index is 0.385. The number of hydrogen-bond acceptors (Lipinski definition) is 7. The number of hydrogen-bond donors (Lipinski definition) is 0. The summed E-state index contributed by atoms with van der Waals surface area (Å²) in [6.45, 7) is 5.20. The van der Waals surface area contributed by atoms with Crippen LogP contribution in [0.4, 0.5) is 4.79 Å². The van der Waals surface area contributed by atoms with E-state index in [-0.39, 0.29) is 5.60 Å². The highest BCUT2D eigenvalue weighted by molar-refractivity contribution is 7.99. The van der Waals surface area contributed by atoms with Crippen molar-refractivity contribution in [1.82, 2.24) is 14.9 Å². The van der Waals surface area contributed by atoms with Gasteiger partial charge in [-0.2, -0.15) is 0 Å². The van der Waals surface area contributed by atoms with Crippen LogP contribution in [0, 0.1) is 0 Å². The topological polar surface area (TPSA) is 64.6 Å². The lowest BCUT2D eigenvalue weighted by Crippen LogP contribution is -2.45. The number of cyclic esters (lactones) is 1. The smallest absolute Gasteiger partial charge is 0.430 e. The molecule has 0 unspecified atom stereocenters. The van der Waals surface area contributed by atoms with Gasteiger partial charge in [-0.1, -0.05) is 25.1 Å². The Labute approximate surface area is 141 Å². The minimum Gasteiger partial charge on any atom is -0.430 e. The molecule has 1 aromatic rings. The first-order valence-electron chi connectivity index (χ1n) is 8.21. The highest BCUT2D eigenvalue weighted by atomic mass is 32.2. The van der Waals surface area contributed by atoms with E-state index >= 15 is 0 Å². The average molecular weight is 337 g/mol. The summed E-state index contributed by atoms with van der Waals surface area (Å²) in [6, 6.07) is 0. The molecule has 2 aliphatic heterocycles. The quantitative estimate of drug-likeness (QED) is 0.342. The molecule has 6 nitrogen and oxygen atoms in total. The number of rotatable bonds is 6. The highest BCUT2D eigenvalue weighted by Crippen LogP contribution is 2.32. The number of carbonyl (C=O) groups is 1. The number of carbonyl (C=O) groups excluding carboxylic acids is 1. The molecule has 0 saturated carbocycles. The van der Waals surface area contributed by atoms with Crippen molar-refractivity contribution in [3.8, 4) is 0 Å². The predicted octanol–water partition coefficient (Wildman–Crippen LogP) is 2.87. The molecule has 0 radical (unpaired) electrons. The molecule has 2 aliphatic rings. The van der Waals surface area contributed by atoms with E-state index < -0.39 is 6.16 Å². The van der Waals surface area contributed by atoms with E-state index in [0.29, 0.717) is 6.61 Å². The first-order chi connectivity index (χ1) is 11.2. The summed E-state index contributed by atoms with van der Waals surface area (Å²) in [5.74, 6) is 1.07. The monoisotopic (exact) mass is 337 g/mol. The molecule has 3 heterocycles. The average Bonchev–Trinajstić information content (AvgIpc) is 2.93. The van der Waals surface area contributed by atoms with Gasteiger partial charge in [-0.15, -0.1) is 0 Å². The summed E-state index contributed by atoms with van der Waals surface area (Å²) < 4.78 is 10.3. The van der Waals surface area contributed by atoms with Crippen molar-refractivity contribution in [3.63, 3.8) is 0 Å². The predicted molar refractivity (Wildman–Crippen MR) is 87.3 cm³/mol. The van der Waals surface area contributed by atoms with Crippen molar-refractivity contribution < 1.29 is 14.3 Å². The second-order valence-corrected chi connectivity index (χ2v) is 7.24. The zero-order valence-corrected chi connectivity index (χ0v) is 14.3. The largest absolute Gasteiger partial charge is 0.509 e. The maximum Gasteiger partial charge on any atom is 0.509 e. The Hall–Kier alpha value is -1.34. The van der Waals surface area contributed by atoms with Gasteiger partial charge in [0.25, 0.3) is 0 Å². The van der Waals surface area contributed by atoms with Crippen molar-refractivity contribution in [3.05, 3.63) is 18.0 Å². The van der Waals surface area contributed by atoms with Crippen LogP contribution in [-0.4, -0.2) is 52.1 Å². The Balaban J connectivity index is 1.46. The van der Waals surface area contributed by atoms with Crippen LogP contribution in [0.25, 0.3) is 0 Å². The summed E-state index contributed by atoms with van der Waals surface area (Å²) in [5.41, 5.74) is 0.740. The van der Waals surface area contributed by atoms with E-state index in [1.807, 2.05) is 12.4 Å². The van der Waals surface area contributed by atoms with Crippen LogP contribution in [0.5, 0.6) is 0 Å². The van der Waals surface area contributed by atoms with Crippen LogP contribution in [0.3, 0.4) is 0 Å². The van der Waals surface area contributed by atoms with Gasteiger partial charge in [0.2, 0.25) is 0 Å². The van der Waals surface area contributed by atoms with Crippen molar-refractivity contribution in [2.45, 2.75) is 49.9 Å². The van der Waals surface area contributed by atoms with E-state index in [4.69, 9.17) is 9.47 Å². The van der Waals surface area contributed by atoms with Crippen LogP contribution in [0.2, 0.25) is 0 Å². The van der Waals surface area contributed by atoms with Crippen LogP contribution >= 0.6 is 11.8 Å². The van der Waals surface area contributed by atoms with Gasteiger partial charge in [0, 0.05) is 56.2 Å². The lowest BCUT2D eigenvalue weighted by Gasteiger charge is -2.36. The lowest BCUT2D eigenvalue weighted by molar-refractivity contribution is -0.00167. The molecule has 0 N–H and O–H groups in total. The van der Waals surface area contributed by atoms with E-state index in [1.165, 1.54) is 12.8 Å². The molecular formula is C16H23N3O3S. The van der Waals surface area contributed by atoms with E-state index in [1.54, 1.807) is 11.8 Å². The third kappa shape index (κ3) is 4.35. The summed E-state index contributed by atoms with van der Waals surface area (Å²) >= 11 is 1.71. The maximum absolute atomic E-state index is 11.1. The van der Waals surface area contributed by atoms with Gasteiger partial charge in [-0.05, 0) is 6.42 Å². The van der Waals surface area contributed by atoms with Gasteiger partial charge in [0.15, 0.2) is 10.8 Å². The van der Waals surface area contributed by atoms with Crippen LogP contribution in [0.15, 0.2) is 17.6 Å². The van der Waals surface area contributed by atoms with Crippen molar-refractivity contribution in [2.24, 2.45) is 0 Å². The number of unbranched alkanes of at least 4 members (excludes halogenated alkanes) is 1. The van der Waals surface area contributed by atoms with E-state index in [9.17, 15) is 4.79 Å². The van der Waals surface area contributed by atoms with Crippen molar-refractivity contribution in [2.75, 3.05) is 25.4 Å². The zero-order valence-electron chi connectivity index (χ0n) is 13.5. The highest BCUT2D eigenvalue weighted by Gasteiger charge is 2.44. The number of nitrogens with zero attached hydrogens (tertiary/aromatic N) is 3. The molecule has 2 fully saturated rings. The van der Waals surface area contributed by atoms with E-state index in [0.717, 1.165) is 48.9 Å². The second kappa shape index (κ2) is 7.49. The summed E-state index contributed by atoms with van der Waals surface area (Å²) in [4.78, 5) is 22.4. The number of thioether (sulfide) groups is 1.